The predicted molar refractivity (Wildman–Crippen MR) is 163 cm³/mol. The first-order valence-electron chi connectivity index (χ1n) is 14.4. The Bertz CT molecular complexity index is 1450. The SMILES string of the molecule is C=CCCCCCC(NC(=O)OC(C)(C)C)C(=O)N1CC(Oc2nc(-c3ccnn3C)nc3ccsc23)CC1C(=O)OC. The lowest BCUT2D eigenvalue weighted by atomic mass is 10.1. The van der Waals surface area contributed by atoms with Gasteiger partial charge in [0.15, 0.2) is 5.82 Å². The number of rotatable bonds is 12. The number of unbranched alkanes of at least 4 members (excludes halogenated alkanes) is 3. The average Bonchev–Trinajstić information content (AvgIpc) is 3.70. The van der Waals surface area contributed by atoms with Crippen LogP contribution in [-0.2, 0) is 26.1 Å². The summed E-state index contributed by atoms with van der Waals surface area (Å²) in [5, 5.41) is 8.86. The number of aryl methyl sites for hydroxylation is 1. The molecule has 43 heavy (non-hydrogen) atoms. The van der Waals surface area contributed by atoms with Crippen LogP contribution >= 0.6 is 11.3 Å². The number of nitrogens with zero attached hydrogens (tertiary/aromatic N) is 5. The number of hydrogen-bond acceptors (Lipinski definition) is 10. The number of nitrogens with one attached hydrogen (secondary N) is 1. The smallest absolute Gasteiger partial charge is 0.408 e. The second-order valence-corrected chi connectivity index (χ2v) is 12.4. The Morgan fingerprint density at radius 2 is 2.00 bits per heavy atom. The van der Waals surface area contributed by atoms with Gasteiger partial charge in [0.25, 0.3) is 0 Å². The van der Waals surface area contributed by atoms with Crippen LogP contribution in [0.2, 0.25) is 0 Å². The van der Waals surface area contributed by atoms with E-state index in [2.05, 4.69) is 27.0 Å². The van der Waals surface area contributed by atoms with Crippen LogP contribution in [0.5, 0.6) is 5.88 Å². The van der Waals surface area contributed by atoms with E-state index in [0.29, 0.717) is 24.5 Å². The number of carbonyl (C=O) groups excluding carboxylic acids is 3. The van der Waals surface area contributed by atoms with Gasteiger partial charge in [-0.15, -0.1) is 17.9 Å². The van der Waals surface area contributed by atoms with Crippen LogP contribution in [0, 0.1) is 0 Å². The van der Waals surface area contributed by atoms with E-state index in [-0.39, 0.29) is 13.0 Å². The predicted octanol–water partition coefficient (Wildman–Crippen LogP) is 4.64. The Hall–Kier alpha value is -4.00. The van der Waals surface area contributed by atoms with Gasteiger partial charge in [-0.3, -0.25) is 9.48 Å². The van der Waals surface area contributed by atoms with E-state index in [1.165, 1.54) is 23.3 Å². The molecule has 12 nitrogen and oxygen atoms in total. The average molecular weight is 613 g/mol. The maximum absolute atomic E-state index is 14.0. The lowest BCUT2D eigenvalue weighted by Gasteiger charge is -2.29. The number of likely N-dealkylation sites (tertiary alicyclic amines) is 1. The molecule has 3 aromatic rings. The van der Waals surface area contributed by atoms with E-state index in [4.69, 9.17) is 14.2 Å². The van der Waals surface area contributed by atoms with Gasteiger partial charge in [-0.2, -0.15) is 10.1 Å². The van der Waals surface area contributed by atoms with Gasteiger partial charge in [-0.25, -0.2) is 14.6 Å². The summed E-state index contributed by atoms with van der Waals surface area (Å²) in [7, 11) is 3.09. The first-order valence-corrected chi connectivity index (χ1v) is 15.3. The molecule has 4 heterocycles. The van der Waals surface area contributed by atoms with Gasteiger partial charge in [0.05, 0.1) is 19.2 Å². The molecule has 1 N–H and O–H groups in total. The van der Waals surface area contributed by atoms with Crippen LogP contribution < -0.4 is 10.1 Å². The number of carbonyl (C=O) groups is 3. The maximum Gasteiger partial charge on any atom is 0.408 e. The van der Waals surface area contributed by atoms with Gasteiger partial charge in [-0.05, 0) is 57.5 Å². The highest BCUT2D eigenvalue weighted by Crippen LogP contribution is 2.33. The molecule has 0 aromatic carbocycles. The van der Waals surface area contributed by atoms with Crippen molar-refractivity contribution in [2.45, 2.75) is 83.1 Å². The molecule has 0 spiro atoms. The van der Waals surface area contributed by atoms with Gasteiger partial charge in [-0.1, -0.05) is 18.9 Å². The highest BCUT2D eigenvalue weighted by Gasteiger charge is 2.44. The van der Waals surface area contributed by atoms with Crippen LogP contribution in [0.25, 0.3) is 21.7 Å². The third-order valence-corrected chi connectivity index (χ3v) is 7.90. The number of esters is 1. The largest absolute Gasteiger partial charge is 0.471 e. The van der Waals surface area contributed by atoms with Crippen LogP contribution in [-0.4, -0.2) is 80.1 Å². The van der Waals surface area contributed by atoms with Crippen molar-refractivity contribution in [1.29, 1.82) is 0 Å². The monoisotopic (exact) mass is 612 g/mol. The quantitative estimate of drug-likeness (QED) is 0.176. The number of ether oxygens (including phenoxy) is 3. The Morgan fingerprint density at radius 3 is 2.67 bits per heavy atom. The lowest BCUT2D eigenvalue weighted by Crippen LogP contribution is -2.52. The molecular weight excluding hydrogens is 572 g/mol. The minimum Gasteiger partial charge on any atom is -0.471 e. The summed E-state index contributed by atoms with van der Waals surface area (Å²) in [6, 6.07) is 1.93. The molecule has 0 bridgehead atoms. The highest BCUT2D eigenvalue weighted by atomic mass is 32.1. The van der Waals surface area contributed by atoms with E-state index in [1.54, 1.807) is 38.7 Å². The Morgan fingerprint density at radius 1 is 1.21 bits per heavy atom. The number of aromatic nitrogens is 4. The second-order valence-electron chi connectivity index (χ2n) is 11.5. The van der Waals surface area contributed by atoms with Gasteiger partial charge >= 0.3 is 12.1 Å². The molecule has 1 aliphatic rings. The third-order valence-electron chi connectivity index (χ3n) is 7.01. The first-order chi connectivity index (χ1) is 20.5. The zero-order valence-corrected chi connectivity index (χ0v) is 26.2. The molecule has 3 unspecified atom stereocenters. The number of hydrogen-bond donors (Lipinski definition) is 1. The molecule has 0 aliphatic carbocycles. The molecule has 232 valence electrons. The summed E-state index contributed by atoms with van der Waals surface area (Å²) in [5.74, 6) is -0.129. The molecular formula is C30H40N6O6S. The van der Waals surface area contributed by atoms with Gasteiger partial charge in [0, 0.05) is 19.7 Å². The summed E-state index contributed by atoms with van der Waals surface area (Å²) >= 11 is 1.44. The summed E-state index contributed by atoms with van der Waals surface area (Å²) in [5.41, 5.74) is 0.708. The highest BCUT2D eigenvalue weighted by molar-refractivity contribution is 7.17. The molecule has 3 atom stereocenters. The number of alkyl carbamates (subject to hydrolysis) is 1. The minimum absolute atomic E-state index is 0.111. The number of amides is 2. The molecule has 0 radical (unpaired) electrons. The Kier molecular flexibility index (Phi) is 10.4. The topological polar surface area (TPSA) is 138 Å². The normalized spacial score (nSPS) is 17.5. The molecule has 4 rings (SSSR count). The van der Waals surface area contributed by atoms with Crippen molar-refractivity contribution in [2.75, 3.05) is 13.7 Å². The van der Waals surface area contributed by atoms with E-state index < -0.39 is 41.8 Å². The molecule has 2 amide bonds. The summed E-state index contributed by atoms with van der Waals surface area (Å²) in [6.07, 6.45) is 6.23. The van der Waals surface area contributed by atoms with Crippen molar-refractivity contribution in [3.63, 3.8) is 0 Å². The van der Waals surface area contributed by atoms with Gasteiger partial charge < -0.3 is 24.4 Å². The van der Waals surface area contributed by atoms with Crippen molar-refractivity contribution in [3.05, 3.63) is 36.4 Å². The molecule has 3 aromatic heterocycles. The fraction of sp³-hybridized carbons (Fsp3) is 0.533. The van der Waals surface area contributed by atoms with E-state index in [0.717, 1.165) is 35.2 Å². The van der Waals surface area contributed by atoms with Crippen molar-refractivity contribution < 1.29 is 28.6 Å². The summed E-state index contributed by atoms with van der Waals surface area (Å²) in [4.78, 5) is 50.3. The summed E-state index contributed by atoms with van der Waals surface area (Å²) in [6.45, 7) is 9.13. The van der Waals surface area contributed by atoms with Crippen LogP contribution in [0.15, 0.2) is 36.4 Å². The fourth-order valence-corrected chi connectivity index (χ4v) is 5.75. The van der Waals surface area contributed by atoms with Crippen molar-refractivity contribution >= 4 is 39.5 Å². The maximum atomic E-state index is 14.0. The summed E-state index contributed by atoms with van der Waals surface area (Å²) < 4.78 is 19.3. The first kappa shape index (κ1) is 31.9. The van der Waals surface area contributed by atoms with Crippen molar-refractivity contribution in [3.8, 4) is 17.4 Å². The minimum atomic E-state index is -0.886. The molecule has 0 saturated carbocycles. The molecule has 1 fully saturated rings. The Labute approximate surface area is 255 Å². The van der Waals surface area contributed by atoms with E-state index in [1.807, 2.05) is 23.6 Å². The van der Waals surface area contributed by atoms with Crippen molar-refractivity contribution in [1.82, 2.24) is 30.0 Å². The fourth-order valence-electron chi connectivity index (χ4n) is 4.99. The van der Waals surface area contributed by atoms with Crippen LogP contribution in [0.3, 0.4) is 0 Å². The zero-order chi connectivity index (χ0) is 31.1. The van der Waals surface area contributed by atoms with Crippen molar-refractivity contribution in [2.24, 2.45) is 7.05 Å². The van der Waals surface area contributed by atoms with Gasteiger partial charge in [0.2, 0.25) is 11.8 Å². The molecule has 13 heteroatoms. The van der Waals surface area contributed by atoms with E-state index >= 15 is 0 Å². The third kappa shape index (κ3) is 8.09. The van der Waals surface area contributed by atoms with Crippen LogP contribution in [0.4, 0.5) is 4.79 Å². The van der Waals surface area contributed by atoms with E-state index in [9.17, 15) is 14.4 Å². The van der Waals surface area contributed by atoms with Gasteiger partial charge in [0.1, 0.15) is 34.2 Å². The zero-order valence-electron chi connectivity index (χ0n) is 25.4. The molecule has 1 saturated heterocycles. The second kappa shape index (κ2) is 14.0. The number of methoxy groups -OCH3 is 1. The number of fused-ring (bicyclic) bond motifs is 1. The Balaban J connectivity index is 1.56. The van der Waals surface area contributed by atoms with Crippen LogP contribution in [0.1, 0.15) is 59.3 Å². The number of allylic oxidation sites excluding steroid dienone is 1. The molecule has 1 aliphatic heterocycles. The lowest BCUT2D eigenvalue weighted by molar-refractivity contribution is -0.151. The standard InChI is InChI=1S/C30H40N6O6S/c1-7-8-9-10-11-12-21(33-29(39)42-30(2,3)4)27(37)36-18-19(17-23(36)28(38)40-6)41-26-24-20(14-16-43-24)32-25(34-26)22-13-15-31-35(22)5/h7,13-16,19,21,23H,1,8-12,17-18H2,2-6H3,(H,33,39). The number of thiophene rings is 1.